The van der Waals surface area contributed by atoms with Crippen molar-refractivity contribution in [2.45, 2.75) is 0 Å². The number of nitrogen functional groups attached to an aromatic ring is 1. The van der Waals surface area contributed by atoms with Crippen LogP contribution in [-0.4, -0.2) is 14.6 Å². The highest BCUT2D eigenvalue weighted by atomic mass is 79.9. The number of aromatic nitrogens is 3. The highest BCUT2D eigenvalue weighted by molar-refractivity contribution is 9.10. The van der Waals surface area contributed by atoms with Crippen molar-refractivity contribution < 1.29 is 8.78 Å². The highest BCUT2D eigenvalue weighted by Gasteiger charge is 2.13. The molecule has 19 heavy (non-hydrogen) atoms. The molecule has 0 saturated heterocycles. The lowest BCUT2D eigenvalue weighted by atomic mass is 10.2. The molecule has 0 unspecified atom stereocenters. The van der Waals surface area contributed by atoms with Crippen LogP contribution in [0.5, 0.6) is 0 Å². The van der Waals surface area contributed by atoms with Gasteiger partial charge in [-0.25, -0.2) is 8.78 Å². The molecule has 2 heterocycles. The number of hydrogen-bond acceptors (Lipinski definition) is 3. The van der Waals surface area contributed by atoms with Crippen LogP contribution in [0, 0.1) is 11.6 Å². The predicted molar refractivity (Wildman–Crippen MR) is 70.5 cm³/mol. The summed E-state index contributed by atoms with van der Waals surface area (Å²) in [6, 6.07) is 5.25. The number of anilines is 1. The van der Waals surface area contributed by atoms with Crippen LogP contribution in [0.25, 0.3) is 17.0 Å². The second kappa shape index (κ2) is 4.27. The summed E-state index contributed by atoms with van der Waals surface area (Å²) in [5, 5.41) is 7.90. The smallest absolute Gasteiger partial charge is 0.184 e. The maximum Gasteiger partial charge on any atom is 0.184 e. The summed E-state index contributed by atoms with van der Waals surface area (Å²) in [6.07, 6.45) is 1.71. The second-order valence-corrected chi connectivity index (χ2v) is 4.88. The Morgan fingerprint density at radius 3 is 2.63 bits per heavy atom. The number of hydrogen-bond donors (Lipinski definition) is 1. The number of rotatable bonds is 1. The summed E-state index contributed by atoms with van der Waals surface area (Å²) >= 11 is 3.31. The molecule has 0 aliphatic rings. The van der Waals surface area contributed by atoms with Crippen LogP contribution in [-0.2, 0) is 0 Å². The van der Waals surface area contributed by atoms with Gasteiger partial charge in [0.05, 0.1) is 5.69 Å². The van der Waals surface area contributed by atoms with Crippen LogP contribution in [0.1, 0.15) is 0 Å². The van der Waals surface area contributed by atoms with Gasteiger partial charge in [-0.15, -0.1) is 10.2 Å². The predicted octanol–water partition coefficient (Wildman–Crippen LogP) is 3.02. The molecule has 96 valence electrons. The Morgan fingerprint density at radius 2 is 1.89 bits per heavy atom. The second-order valence-electron chi connectivity index (χ2n) is 3.96. The van der Waals surface area contributed by atoms with Crippen LogP contribution in [0.4, 0.5) is 14.5 Å². The Bertz CT molecular complexity index is 785. The Balaban J connectivity index is 2.28. The van der Waals surface area contributed by atoms with Gasteiger partial charge in [-0.1, -0.05) is 0 Å². The van der Waals surface area contributed by atoms with Gasteiger partial charge in [-0.2, -0.15) is 0 Å². The Labute approximate surface area is 115 Å². The molecule has 0 amide bonds. The zero-order valence-electron chi connectivity index (χ0n) is 9.44. The van der Waals surface area contributed by atoms with Crippen molar-refractivity contribution in [3.05, 3.63) is 46.6 Å². The molecule has 0 atom stereocenters. The summed E-state index contributed by atoms with van der Waals surface area (Å²) < 4.78 is 28.6. The Hall–Kier alpha value is -2.02. The number of pyridine rings is 1. The van der Waals surface area contributed by atoms with E-state index in [1.807, 2.05) is 0 Å². The third-order valence-electron chi connectivity index (χ3n) is 2.68. The molecule has 2 N–H and O–H groups in total. The first-order valence-electron chi connectivity index (χ1n) is 5.31. The third kappa shape index (κ3) is 1.95. The van der Waals surface area contributed by atoms with E-state index in [4.69, 9.17) is 5.73 Å². The monoisotopic (exact) mass is 324 g/mol. The van der Waals surface area contributed by atoms with E-state index >= 15 is 0 Å². The summed E-state index contributed by atoms with van der Waals surface area (Å²) in [7, 11) is 0. The van der Waals surface area contributed by atoms with Crippen LogP contribution < -0.4 is 5.73 Å². The summed E-state index contributed by atoms with van der Waals surface area (Å²) in [4.78, 5) is 0. The van der Waals surface area contributed by atoms with Crippen LogP contribution in [0.3, 0.4) is 0 Å². The molecule has 0 aliphatic carbocycles. The number of fused-ring (bicyclic) bond motifs is 1. The fourth-order valence-corrected chi connectivity index (χ4v) is 2.27. The largest absolute Gasteiger partial charge is 0.396 e. The van der Waals surface area contributed by atoms with Crippen LogP contribution >= 0.6 is 15.9 Å². The first-order chi connectivity index (χ1) is 9.06. The molecule has 3 aromatic rings. The zero-order chi connectivity index (χ0) is 13.6. The lowest BCUT2D eigenvalue weighted by molar-refractivity contribution is 0.509. The van der Waals surface area contributed by atoms with Crippen molar-refractivity contribution in [2.24, 2.45) is 0 Å². The van der Waals surface area contributed by atoms with Crippen molar-refractivity contribution in [3.63, 3.8) is 0 Å². The van der Waals surface area contributed by atoms with Gasteiger partial charge in [-0.05, 0) is 40.2 Å². The van der Waals surface area contributed by atoms with Gasteiger partial charge in [0, 0.05) is 16.2 Å². The fraction of sp³-hybridized carbons (Fsp3) is 0. The molecular weight excluding hydrogens is 318 g/mol. The first-order valence-corrected chi connectivity index (χ1v) is 6.11. The number of halogens is 3. The van der Waals surface area contributed by atoms with Gasteiger partial charge in [0.2, 0.25) is 0 Å². The maximum atomic E-state index is 13.3. The van der Waals surface area contributed by atoms with E-state index in [-0.39, 0.29) is 0 Å². The quantitative estimate of drug-likeness (QED) is 0.748. The van der Waals surface area contributed by atoms with Gasteiger partial charge in [-0.3, -0.25) is 4.40 Å². The van der Waals surface area contributed by atoms with E-state index in [0.717, 1.165) is 16.6 Å². The molecule has 7 heteroatoms. The molecule has 3 rings (SSSR count). The van der Waals surface area contributed by atoms with E-state index in [9.17, 15) is 8.78 Å². The Kier molecular flexibility index (Phi) is 2.70. The van der Waals surface area contributed by atoms with Gasteiger partial charge < -0.3 is 5.73 Å². The van der Waals surface area contributed by atoms with Crippen molar-refractivity contribution >= 4 is 27.3 Å². The maximum absolute atomic E-state index is 13.3. The molecule has 0 radical (unpaired) electrons. The van der Waals surface area contributed by atoms with Gasteiger partial charge in [0.1, 0.15) is 0 Å². The van der Waals surface area contributed by atoms with E-state index < -0.39 is 11.6 Å². The zero-order valence-corrected chi connectivity index (χ0v) is 11.0. The minimum absolute atomic E-state index is 0.391. The third-order valence-corrected chi connectivity index (χ3v) is 3.11. The summed E-state index contributed by atoms with van der Waals surface area (Å²) in [5.74, 6) is -1.45. The van der Waals surface area contributed by atoms with Crippen LogP contribution in [0.2, 0.25) is 0 Å². The van der Waals surface area contributed by atoms with Gasteiger partial charge >= 0.3 is 0 Å². The first kappa shape index (κ1) is 12.0. The average Bonchev–Trinajstić information content (AvgIpc) is 2.76. The van der Waals surface area contributed by atoms with E-state index in [1.165, 1.54) is 6.07 Å². The van der Waals surface area contributed by atoms with Crippen molar-refractivity contribution in [1.82, 2.24) is 14.6 Å². The normalized spacial score (nSPS) is 11.1. The molecular formula is C12H7BrF2N4. The topological polar surface area (TPSA) is 56.2 Å². The molecule has 2 aromatic heterocycles. The highest BCUT2D eigenvalue weighted by Crippen LogP contribution is 2.25. The van der Waals surface area contributed by atoms with E-state index in [0.29, 0.717) is 22.7 Å². The van der Waals surface area contributed by atoms with E-state index in [2.05, 4.69) is 26.1 Å². The minimum atomic E-state index is -0.933. The Morgan fingerprint density at radius 1 is 1.11 bits per heavy atom. The SMILES string of the molecule is Nc1cc(Br)cn2c(-c3ccc(F)c(F)c3)nnc12. The number of benzene rings is 1. The molecule has 0 saturated carbocycles. The lowest BCUT2D eigenvalue weighted by Gasteiger charge is -2.03. The van der Waals surface area contributed by atoms with Crippen LogP contribution in [0.15, 0.2) is 34.9 Å². The number of nitrogens with two attached hydrogens (primary N) is 1. The minimum Gasteiger partial charge on any atom is -0.396 e. The number of nitrogens with zero attached hydrogens (tertiary/aromatic N) is 3. The van der Waals surface area contributed by atoms with E-state index in [1.54, 1.807) is 16.7 Å². The van der Waals surface area contributed by atoms with Gasteiger partial charge in [0.25, 0.3) is 0 Å². The molecule has 0 fully saturated rings. The fourth-order valence-electron chi connectivity index (χ4n) is 1.82. The summed E-state index contributed by atoms with van der Waals surface area (Å²) in [6.45, 7) is 0. The lowest BCUT2D eigenvalue weighted by Crippen LogP contribution is -1.95. The molecule has 1 aromatic carbocycles. The van der Waals surface area contributed by atoms with Crippen molar-refractivity contribution in [2.75, 3.05) is 5.73 Å². The standard InChI is InChI=1S/C12H7BrF2N4/c13-7-4-10(16)12-18-17-11(19(12)5-7)6-1-2-8(14)9(15)3-6/h1-5H,16H2. The molecule has 0 bridgehead atoms. The molecule has 0 spiro atoms. The average molecular weight is 325 g/mol. The molecule has 0 aliphatic heterocycles. The van der Waals surface area contributed by atoms with Crippen molar-refractivity contribution in [3.8, 4) is 11.4 Å². The summed E-state index contributed by atoms with van der Waals surface area (Å²) in [5.41, 5.74) is 7.14. The van der Waals surface area contributed by atoms with Gasteiger partial charge in [0.15, 0.2) is 23.1 Å². The van der Waals surface area contributed by atoms with Crippen molar-refractivity contribution in [1.29, 1.82) is 0 Å². The molecule has 4 nitrogen and oxygen atoms in total.